The molecule has 1 aliphatic carbocycles. The average molecular weight is 281 g/mol. The van der Waals surface area contributed by atoms with E-state index in [1.807, 2.05) is 0 Å². The molecule has 0 aromatic heterocycles. The molecule has 1 saturated carbocycles. The van der Waals surface area contributed by atoms with Gasteiger partial charge in [0.25, 0.3) is 0 Å². The van der Waals surface area contributed by atoms with Crippen molar-refractivity contribution in [3.63, 3.8) is 0 Å². The normalized spacial score (nSPS) is 29.1. The molecule has 3 N–H and O–H groups in total. The van der Waals surface area contributed by atoms with Crippen LogP contribution in [-0.2, 0) is 9.59 Å². The zero-order valence-corrected chi connectivity index (χ0v) is 12.4. The summed E-state index contributed by atoms with van der Waals surface area (Å²) in [7, 11) is 0. The summed E-state index contributed by atoms with van der Waals surface area (Å²) in [6.07, 6.45) is 6.39. The van der Waals surface area contributed by atoms with Gasteiger partial charge in [-0.25, -0.2) is 0 Å². The number of amides is 2. The Hall–Kier alpha value is -1.10. The smallest absolute Gasteiger partial charge is 0.234 e. The van der Waals surface area contributed by atoms with E-state index >= 15 is 0 Å². The number of nitrogens with zero attached hydrogens (tertiary/aromatic N) is 1. The third-order valence-corrected chi connectivity index (χ3v) is 4.82. The molecule has 1 heterocycles. The maximum Gasteiger partial charge on any atom is 0.234 e. The Morgan fingerprint density at radius 1 is 1.15 bits per heavy atom. The molecule has 2 fully saturated rings. The van der Waals surface area contributed by atoms with E-state index < -0.39 is 0 Å². The van der Waals surface area contributed by atoms with Gasteiger partial charge in [-0.15, -0.1) is 0 Å². The predicted molar refractivity (Wildman–Crippen MR) is 77.9 cm³/mol. The van der Waals surface area contributed by atoms with E-state index in [0.29, 0.717) is 18.5 Å². The molecule has 0 aromatic rings. The van der Waals surface area contributed by atoms with Crippen molar-refractivity contribution in [2.45, 2.75) is 51.5 Å². The van der Waals surface area contributed by atoms with Crippen LogP contribution in [0.4, 0.5) is 0 Å². The van der Waals surface area contributed by atoms with Crippen LogP contribution in [0.1, 0.15) is 45.4 Å². The zero-order chi connectivity index (χ0) is 14.5. The summed E-state index contributed by atoms with van der Waals surface area (Å²) < 4.78 is 0. The van der Waals surface area contributed by atoms with Crippen molar-refractivity contribution in [1.29, 1.82) is 0 Å². The van der Waals surface area contributed by atoms with Crippen LogP contribution in [0.2, 0.25) is 0 Å². The number of hydrogen-bond donors (Lipinski definition) is 2. The van der Waals surface area contributed by atoms with Crippen molar-refractivity contribution >= 4 is 11.8 Å². The Morgan fingerprint density at radius 3 is 2.40 bits per heavy atom. The largest absolute Gasteiger partial charge is 0.369 e. The van der Waals surface area contributed by atoms with Crippen LogP contribution >= 0.6 is 0 Å². The molecule has 0 bridgehead atoms. The summed E-state index contributed by atoms with van der Waals surface area (Å²) in [5, 5.41) is 3.18. The Morgan fingerprint density at radius 2 is 1.80 bits per heavy atom. The Balaban J connectivity index is 1.71. The molecule has 2 atom stereocenters. The van der Waals surface area contributed by atoms with E-state index in [4.69, 9.17) is 5.73 Å². The highest BCUT2D eigenvalue weighted by molar-refractivity contribution is 5.79. The second-order valence-electron chi connectivity index (χ2n) is 6.39. The maximum absolute atomic E-state index is 12.1. The molecule has 1 aliphatic heterocycles. The molecular formula is C15H27N3O2. The monoisotopic (exact) mass is 281 g/mol. The first kappa shape index (κ1) is 15.3. The lowest BCUT2D eigenvalue weighted by Crippen LogP contribution is -2.47. The zero-order valence-electron chi connectivity index (χ0n) is 12.4. The lowest BCUT2D eigenvalue weighted by atomic mass is 9.86. The third-order valence-electron chi connectivity index (χ3n) is 4.82. The van der Waals surface area contributed by atoms with Crippen molar-refractivity contribution in [3.05, 3.63) is 0 Å². The van der Waals surface area contributed by atoms with Crippen LogP contribution in [0.3, 0.4) is 0 Å². The fourth-order valence-electron chi connectivity index (χ4n) is 3.36. The number of carbonyl (C=O) groups excluding carboxylic acids is 2. The molecule has 2 amide bonds. The summed E-state index contributed by atoms with van der Waals surface area (Å²) >= 11 is 0. The molecule has 0 unspecified atom stereocenters. The highest BCUT2D eigenvalue weighted by Gasteiger charge is 2.26. The fourth-order valence-corrected chi connectivity index (χ4v) is 3.36. The first-order valence-electron chi connectivity index (χ1n) is 7.87. The van der Waals surface area contributed by atoms with Crippen LogP contribution in [0, 0.1) is 11.8 Å². The minimum absolute atomic E-state index is 0.00678. The lowest BCUT2D eigenvalue weighted by Gasteiger charge is -2.32. The van der Waals surface area contributed by atoms with Gasteiger partial charge in [0, 0.05) is 12.0 Å². The van der Waals surface area contributed by atoms with E-state index in [1.54, 1.807) is 0 Å². The molecule has 5 nitrogen and oxygen atoms in total. The third kappa shape index (κ3) is 4.20. The second-order valence-corrected chi connectivity index (χ2v) is 6.39. The quantitative estimate of drug-likeness (QED) is 0.803. The van der Waals surface area contributed by atoms with Crippen molar-refractivity contribution < 1.29 is 9.59 Å². The first-order valence-corrected chi connectivity index (χ1v) is 7.87. The van der Waals surface area contributed by atoms with Gasteiger partial charge < -0.3 is 11.1 Å². The van der Waals surface area contributed by atoms with Gasteiger partial charge in [0.05, 0.1) is 6.54 Å². The molecule has 5 heteroatoms. The summed E-state index contributed by atoms with van der Waals surface area (Å²) in [5.41, 5.74) is 5.32. The minimum Gasteiger partial charge on any atom is -0.369 e. The number of carbonyl (C=O) groups is 2. The summed E-state index contributed by atoms with van der Waals surface area (Å²) in [6.45, 7) is 4.26. The fraction of sp³-hybridized carbons (Fsp3) is 0.867. The Bertz CT molecular complexity index is 351. The Labute approximate surface area is 121 Å². The number of nitrogens with two attached hydrogens (primary N) is 1. The Kier molecular flexibility index (Phi) is 5.40. The van der Waals surface area contributed by atoms with Gasteiger partial charge in [-0.2, -0.15) is 0 Å². The van der Waals surface area contributed by atoms with Crippen LogP contribution in [0.25, 0.3) is 0 Å². The van der Waals surface area contributed by atoms with Crippen molar-refractivity contribution in [1.82, 2.24) is 10.2 Å². The number of rotatable bonds is 4. The van der Waals surface area contributed by atoms with E-state index in [2.05, 4.69) is 17.1 Å². The number of nitrogens with one attached hydrogen (secondary N) is 1. The van der Waals surface area contributed by atoms with Gasteiger partial charge in [0.15, 0.2) is 0 Å². The lowest BCUT2D eigenvalue weighted by molar-refractivity contribution is -0.125. The van der Waals surface area contributed by atoms with Crippen LogP contribution in [-0.4, -0.2) is 42.4 Å². The molecule has 1 saturated heterocycles. The average Bonchev–Trinajstić information content (AvgIpc) is 2.42. The van der Waals surface area contributed by atoms with Gasteiger partial charge in [-0.3, -0.25) is 14.5 Å². The summed E-state index contributed by atoms with van der Waals surface area (Å²) in [6, 6.07) is 0.347. The van der Waals surface area contributed by atoms with Gasteiger partial charge in [0.2, 0.25) is 11.8 Å². The molecule has 0 spiro atoms. The molecule has 0 aromatic carbocycles. The highest BCUT2D eigenvalue weighted by Crippen LogP contribution is 2.23. The molecule has 114 valence electrons. The number of piperidine rings is 1. The molecular weight excluding hydrogens is 254 g/mol. The van der Waals surface area contributed by atoms with Crippen LogP contribution in [0.5, 0.6) is 0 Å². The van der Waals surface area contributed by atoms with Gasteiger partial charge >= 0.3 is 0 Å². The molecule has 2 aliphatic rings. The van der Waals surface area contributed by atoms with Crippen molar-refractivity contribution in [2.24, 2.45) is 17.6 Å². The number of hydrogen-bond acceptors (Lipinski definition) is 3. The van der Waals surface area contributed by atoms with Gasteiger partial charge in [-0.05, 0) is 44.7 Å². The summed E-state index contributed by atoms with van der Waals surface area (Å²) in [4.78, 5) is 25.3. The van der Waals surface area contributed by atoms with E-state index in [9.17, 15) is 9.59 Å². The van der Waals surface area contributed by atoms with Gasteiger partial charge in [0.1, 0.15) is 0 Å². The van der Waals surface area contributed by atoms with Crippen molar-refractivity contribution in [2.75, 3.05) is 19.6 Å². The second kappa shape index (κ2) is 7.07. The standard InChI is InChI=1S/C15H27N3O2/c1-11-4-2-3-5-13(11)17-14(19)10-18-8-6-12(7-9-18)15(16)20/h11-13H,2-10H2,1H3,(H2,16,20)(H,17,19)/t11-,13+/m1/s1. The van der Waals surface area contributed by atoms with Crippen LogP contribution < -0.4 is 11.1 Å². The van der Waals surface area contributed by atoms with Crippen molar-refractivity contribution in [3.8, 4) is 0 Å². The van der Waals surface area contributed by atoms with E-state index in [1.165, 1.54) is 19.3 Å². The number of primary amides is 1. The maximum atomic E-state index is 12.1. The summed E-state index contributed by atoms with van der Waals surface area (Å²) in [5.74, 6) is 0.507. The topological polar surface area (TPSA) is 75.4 Å². The minimum atomic E-state index is -0.204. The predicted octanol–water partition coefficient (Wildman–Crippen LogP) is 0.879. The van der Waals surface area contributed by atoms with Crippen LogP contribution in [0.15, 0.2) is 0 Å². The van der Waals surface area contributed by atoms with Gasteiger partial charge in [-0.1, -0.05) is 19.8 Å². The van der Waals surface area contributed by atoms with E-state index in [0.717, 1.165) is 32.4 Å². The SMILES string of the molecule is C[C@@H]1CCCC[C@@H]1NC(=O)CN1CCC(C(N)=O)CC1. The number of likely N-dealkylation sites (tertiary alicyclic amines) is 1. The molecule has 2 rings (SSSR count). The first-order chi connectivity index (χ1) is 9.56. The van der Waals surface area contributed by atoms with E-state index in [-0.39, 0.29) is 17.7 Å². The molecule has 0 radical (unpaired) electrons. The highest BCUT2D eigenvalue weighted by atomic mass is 16.2. The molecule has 20 heavy (non-hydrogen) atoms.